The fourth-order valence-electron chi connectivity index (χ4n) is 4.74. The number of benzene rings is 2. The number of piperidine rings is 1. The van der Waals surface area contributed by atoms with Gasteiger partial charge in [-0.05, 0) is 51.3 Å². The summed E-state index contributed by atoms with van der Waals surface area (Å²) in [4.78, 5) is 15.3. The van der Waals surface area contributed by atoms with Crippen LogP contribution < -0.4 is 5.32 Å². The van der Waals surface area contributed by atoms with Gasteiger partial charge in [-0.2, -0.15) is 4.31 Å². The quantitative estimate of drug-likeness (QED) is 0.814. The number of hydrogen-bond acceptors (Lipinski definition) is 4. The van der Waals surface area contributed by atoms with Crippen LogP contribution in [0.15, 0.2) is 59.5 Å². The first-order valence-corrected chi connectivity index (χ1v) is 11.9. The van der Waals surface area contributed by atoms with E-state index < -0.39 is 15.7 Å². The Bertz CT molecular complexity index is 1010. The van der Waals surface area contributed by atoms with Crippen molar-refractivity contribution in [3.8, 4) is 0 Å². The number of aryl methyl sites for hydroxylation is 1. The number of sulfonamides is 1. The lowest BCUT2D eigenvalue weighted by atomic mass is 9.94. The minimum Gasteiger partial charge on any atom is -0.316 e. The van der Waals surface area contributed by atoms with Crippen molar-refractivity contribution in [2.75, 3.05) is 13.1 Å². The molecule has 2 saturated heterocycles. The van der Waals surface area contributed by atoms with Crippen molar-refractivity contribution < 1.29 is 13.2 Å². The van der Waals surface area contributed by atoms with Gasteiger partial charge in [-0.1, -0.05) is 48.0 Å². The summed E-state index contributed by atoms with van der Waals surface area (Å²) in [6.07, 6.45) is 1.12. The van der Waals surface area contributed by atoms with Crippen LogP contribution in [0.4, 0.5) is 0 Å². The van der Waals surface area contributed by atoms with E-state index in [1.807, 2.05) is 68.1 Å². The number of nitrogens with zero attached hydrogens (tertiary/aromatic N) is 2. The molecular weight excluding hydrogens is 398 g/mol. The average molecular weight is 428 g/mol. The number of hydrogen-bond donors (Lipinski definition) is 1. The van der Waals surface area contributed by atoms with E-state index in [0.717, 1.165) is 11.1 Å². The first-order valence-electron chi connectivity index (χ1n) is 10.5. The number of nitrogens with one attached hydrogen (secondary N) is 1. The predicted molar refractivity (Wildman–Crippen MR) is 116 cm³/mol. The van der Waals surface area contributed by atoms with Crippen LogP contribution in [0.1, 0.15) is 43.9 Å². The average Bonchev–Trinajstić information content (AvgIpc) is 2.98. The molecule has 0 aliphatic carbocycles. The maximum Gasteiger partial charge on any atom is 0.243 e. The van der Waals surface area contributed by atoms with Crippen LogP contribution in [0.25, 0.3) is 0 Å². The van der Waals surface area contributed by atoms with Crippen molar-refractivity contribution in [1.82, 2.24) is 14.5 Å². The zero-order chi connectivity index (χ0) is 21.5. The van der Waals surface area contributed by atoms with Gasteiger partial charge in [-0.25, -0.2) is 8.42 Å². The second-order valence-corrected chi connectivity index (χ2v) is 10.3. The van der Waals surface area contributed by atoms with Crippen molar-refractivity contribution in [2.24, 2.45) is 0 Å². The number of rotatable bonds is 4. The monoisotopic (exact) mass is 427 g/mol. The van der Waals surface area contributed by atoms with Gasteiger partial charge in [0.15, 0.2) is 0 Å². The molecule has 0 saturated carbocycles. The third-order valence-electron chi connectivity index (χ3n) is 6.43. The fourth-order valence-corrected chi connectivity index (χ4v) is 6.18. The molecule has 2 aromatic rings. The molecule has 160 valence electrons. The Morgan fingerprint density at radius 3 is 2.23 bits per heavy atom. The molecule has 2 aliphatic heterocycles. The highest BCUT2D eigenvalue weighted by molar-refractivity contribution is 7.89. The van der Waals surface area contributed by atoms with Gasteiger partial charge in [0.25, 0.3) is 0 Å². The van der Waals surface area contributed by atoms with E-state index in [-0.39, 0.29) is 18.0 Å². The summed E-state index contributed by atoms with van der Waals surface area (Å²) in [5, 5.41) is 3.49. The van der Waals surface area contributed by atoms with Crippen LogP contribution in [0, 0.1) is 6.92 Å². The van der Waals surface area contributed by atoms with Gasteiger partial charge in [-0.3, -0.25) is 10.1 Å². The fraction of sp³-hybridized carbons (Fsp3) is 0.435. The molecule has 1 N–H and O–H groups in total. The standard InChI is InChI=1S/C23H29N3O3S/c1-17-9-11-21(12-10-17)30(28,29)25-15-13-23(14-16-25)24-18(2)22(27)26(23)19(3)20-7-5-4-6-8-20/h4-12,18-19,24H,13-16H2,1-3H3/t18-,19-/m1/s1. The Kier molecular flexibility index (Phi) is 5.46. The van der Waals surface area contributed by atoms with Crippen molar-refractivity contribution in [3.05, 3.63) is 65.7 Å². The largest absolute Gasteiger partial charge is 0.316 e. The lowest BCUT2D eigenvalue weighted by Crippen LogP contribution is -2.59. The lowest BCUT2D eigenvalue weighted by Gasteiger charge is -2.46. The van der Waals surface area contributed by atoms with Gasteiger partial charge in [0, 0.05) is 13.1 Å². The van der Waals surface area contributed by atoms with Crippen LogP contribution >= 0.6 is 0 Å². The molecule has 0 unspecified atom stereocenters. The van der Waals surface area contributed by atoms with Crippen LogP contribution in [0.2, 0.25) is 0 Å². The molecule has 6 nitrogen and oxygen atoms in total. The third-order valence-corrected chi connectivity index (χ3v) is 8.34. The van der Waals surface area contributed by atoms with E-state index in [2.05, 4.69) is 5.32 Å². The van der Waals surface area contributed by atoms with Gasteiger partial charge in [0.1, 0.15) is 0 Å². The Morgan fingerprint density at radius 1 is 1.03 bits per heavy atom. The van der Waals surface area contributed by atoms with Crippen molar-refractivity contribution >= 4 is 15.9 Å². The summed E-state index contributed by atoms with van der Waals surface area (Å²) in [5.41, 5.74) is 1.58. The first-order chi connectivity index (χ1) is 14.2. The minimum atomic E-state index is -3.54. The number of carbonyl (C=O) groups excluding carboxylic acids is 1. The summed E-state index contributed by atoms with van der Waals surface area (Å²) >= 11 is 0. The molecule has 0 bridgehead atoms. The molecule has 0 radical (unpaired) electrons. The minimum absolute atomic E-state index is 0.0706. The Morgan fingerprint density at radius 2 is 1.63 bits per heavy atom. The van der Waals surface area contributed by atoms with Crippen molar-refractivity contribution in [2.45, 2.75) is 56.3 Å². The third kappa shape index (κ3) is 3.55. The molecule has 2 fully saturated rings. The van der Waals surface area contributed by atoms with Crippen LogP contribution in [0.3, 0.4) is 0 Å². The molecular formula is C23H29N3O3S. The molecule has 2 atom stereocenters. The summed E-state index contributed by atoms with van der Waals surface area (Å²) in [5.74, 6) is 0.0706. The van der Waals surface area contributed by atoms with E-state index in [0.29, 0.717) is 30.8 Å². The molecule has 2 aromatic carbocycles. The van der Waals surface area contributed by atoms with E-state index in [1.165, 1.54) is 0 Å². The molecule has 0 aromatic heterocycles. The highest BCUT2D eigenvalue weighted by Gasteiger charge is 2.52. The highest BCUT2D eigenvalue weighted by Crippen LogP contribution is 2.39. The Balaban J connectivity index is 1.57. The molecule has 4 rings (SSSR count). The highest BCUT2D eigenvalue weighted by atomic mass is 32.2. The first kappa shape index (κ1) is 21.0. The summed E-state index contributed by atoms with van der Waals surface area (Å²) < 4.78 is 27.7. The predicted octanol–water partition coefficient (Wildman–Crippen LogP) is 3.06. The molecule has 2 aliphatic rings. The Labute approximate surface area is 178 Å². The van der Waals surface area contributed by atoms with Gasteiger partial charge >= 0.3 is 0 Å². The maximum absolute atomic E-state index is 13.1. The van der Waals surface area contributed by atoms with Gasteiger partial charge in [0.05, 0.1) is 22.6 Å². The SMILES string of the molecule is Cc1ccc(S(=O)(=O)N2CCC3(CC2)N[C@H](C)C(=O)N3[C@H](C)c2ccccc2)cc1. The number of carbonyl (C=O) groups is 1. The summed E-state index contributed by atoms with van der Waals surface area (Å²) in [7, 11) is -3.54. The maximum atomic E-state index is 13.1. The molecule has 1 spiro atoms. The van der Waals surface area contributed by atoms with E-state index in [9.17, 15) is 13.2 Å². The molecule has 1 amide bonds. The zero-order valence-corrected chi connectivity index (χ0v) is 18.5. The zero-order valence-electron chi connectivity index (χ0n) is 17.7. The van der Waals surface area contributed by atoms with E-state index in [4.69, 9.17) is 0 Å². The van der Waals surface area contributed by atoms with Crippen molar-refractivity contribution in [1.29, 1.82) is 0 Å². The Hall–Kier alpha value is -2.22. The van der Waals surface area contributed by atoms with Crippen LogP contribution in [-0.4, -0.2) is 48.3 Å². The molecule has 30 heavy (non-hydrogen) atoms. The topological polar surface area (TPSA) is 69.7 Å². The summed E-state index contributed by atoms with van der Waals surface area (Å²) in [6, 6.07) is 16.6. The van der Waals surface area contributed by atoms with Gasteiger partial charge < -0.3 is 4.90 Å². The van der Waals surface area contributed by atoms with Gasteiger partial charge in [-0.15, -0.1) is 0 Å². The van der Waals surface area contributed by atoms with E-state index >= 15 is 0 Å². The molecule has 2 heterocycles. The normalized spacial score (nSPS) is 23.1. The van der Waals surface area contributed by atoms with E-state index in [1.54, 1.807) is 16.4 Å². The van der Waals surface area contributed by atoms with Crippen molar-refractivity contribution in [3.63, 3.8) is 0 Å². The lowest BCUT2D eigenvalue weighted by molar-refractivity contribution is -0.136. The van der Waals surface area contributed by atoms with Crippen LogP contribution in [0.5, 0.6) is 0 Å². The second kappa shape index (κ2) is 7.80. The van der Waals surface area contributed by atoms with Gasteiger partial charge in [0.2, 0.25) is 15.9 Å². The number of amides is 1. The second-order valence-electron chi connectivity index (χ2n) is 8.41. The molecule has 7 heteroatoms. The smallest absolute Gasteiger partial charge is 0.243 e. The van der Waals surface area contributed by atoms with Crippen LogP contribution in [-0.2, 0) is 14.8 Å². The summed E-state index contributed by atoms with van der Waals surface area (Å²) in [6.45, 7) is 6.62.